The van der Waals surface area contributed by atoms with Crippen molar-refractivity contribution in [1.29, 1.82) is 0 Å². The number of nitrogens with zero attached hydrogens (tertiary/aromatic N) is 2. The van der Waals surface area contributed by atoms with Crippen molar-refractivity contribution in [3.05, 3.63) is 70.6 Å². The number of hydrogen-bond acceptors (Lipinski definition) is 5. The molecule has 0 aliphatic carbocycles. The largest absolute Gasteiger partial charge is 0.368 e. The molecule has 0 fully saturated rings. The molecule has 134 valence electrons. The Balaban J connectivity index is 1.79. The van der Waals surface area contributed by atoms with Crippen LogP contribution in [0, 0.1) is 13.8 Å². The van der Waals surface area contributed by atoms with Gasteiger partial charge >= 0.3 is 0 Å². The van der Waals surface area contributed by atoms with Gasteiger partial charge in [0.05, 0.1) is 10.6 Å². The van der Waals surface area contributed by atoms with Crippen molar-refractivity contribution in [3.63, 3.8) is 0 Å². The molecule has 4 aromatic rings. The Morgan fingerprint density at radius 1 is 1.04 bits per heavy atom. The number of para-hydroxylation sites is 1. The first kappa shape index (κ1) is 17.2. The summed E-state index contributed by atoms with van der Waals surface area (Å²) in [4.78, 5) is 22.7. The molecular weight excluding hydrogens is 356 g/mol. The Kier molecular flexibility index (Phi) is 4.33. The Morgan fingerprint density at radius 2 is 1.81 bits per heavy atom. The summed E-state index contributed by atoms with van der Waals surface area (Å²) < 4.78 is 0. The van der Waals surface area contributed by atoms with Crippen LogP contribution in [0.2, 0.25) is 0 Å². The highest BCUT2D eigenvalue weighted by molar-refractivity contribution is 7.20. The Hall–Kier alpha value is -3.25. The lowest BCUT2D eigenvalue weighted by molar-refractivity contribution is 0.103. The number of benzene rings is 2. The third-order valence-electron chi connectivity index (χ3n) is 4.30. The number of amides is 1. The minimum atomic E-state index is -0.172. The lowest BCUT2D eigenvalue weighted by Gasteiger charge is -2.08. The molecule has 2 aromatic carbocycles. The molecule has 0 spiro atoms. The highest BCUT2D eigenvalue weighted by Crippen LogP contribution is 2.34. The van der Waals surface area contributed by atoms with E-state index in [1.54, 1.807) is 0 Å². The van der Waals surface area contributed by atoms with Crippen LogP contribution in [0.25, 0.3) is 21.5 Å². The molecule has 0 saturated heterocycles. The van der Waals surface area contributed by atoms with Crippen LogP contribution in [0.3, 0.4) is 0 Å². The van der Waals surface area contributed by atoms with E-state index in [0.717, 1.165) is 27.9 Å². The number of aryl methyl sites for hydroxylation is 2. The van der Waals surface area contributed by atoms with E-state index in [-0.39, 0.29) is 11.9 Å². The summed E-state index contributed by atoms with van der Waals surface area (Å²) in [5, 5.41) is 3.74. The third-order valence-corrected chi connectivity index (χ3v) is 5.33. The Labute approximate surface area is 160 Å². The maximum Gasteiger partial charge on any atom is 0.265 e. The van der Waals surface area contributed by atoms with Crippen LogP contribution in [-0.2, 0) is 0 Å². The number of nitrogens with one attached hydrogen (secondary N) is 1. The lowest BCUT2D eigenvalue weighted by Crippen LogP contribution is -2.09. The fourth-order valence-corrected chi connectivity index (χ4v) is 3.98. The summed E-state index contributed by atoms with van der Waals surface area (Å²) in [7, 11) is 0. The number of nitrogen functional groups attached to an aromatic ring is 1. The van der Waals surface area contributed by atoms with Gasteiger partial charge in [-0.2, -0.15) is 0 Å². The van der Waals surface area contributed by atoms with Gasteiger partial charge < -0.3 is 11.1 Å². The van der Waals surface area contributed by atoms with Crippen molar-refractivity contribution >= 4 is 39.1 Å². The van der Waals surface area contributed by atoms with Gasteiger partial charge in [-0.05, 0) is 37.6 Å². The van der Waals surface area contributed by atoms with Crippen LogP contribution in [0.5, 0.6) is 0 Å². The quantitative estimate of drug-likeness (QED) is 0.539. The fourth-order valence-electron chi connectivity index (χ4n) is 3.05. The van der Waals surface area contributed by atoms with Crippen LogP contribution >= 0.6 is 11.3 Å². The topological polar surface area (TPSA) is 80.9 Å². The van der Waals surface area contributed by atoms with E-state index >= 15 is 0 Å². The second-order valence-corrected chi connectivity index (χ2v) is 7.43. The van der Waals surface area contributed by atoms with Crippen molar-refractivity contribution in [3.8, 4) is 11.3 Å². The van der Waals surface area contributed by atoms with E-state index in [0.29, 0.717) is 9.71 Å². The SMILES string of the molecule is Cc1ccc(-c2nc(N)nc3sc(C(=O)Nc4ccccc4)cc23)c(C)c1. The molecule has 6 heteroatoms. The van der Waals surface area contributed by atoms with Crippen molar-refractivity contribution in [2.24, 2.45) is 0 Å². The molecule has 2 aromatic heterocycles. The van der Waals surface area contributed by atoms with Gasteiger partial charge in [0.2, 0.25) is 5.95 Å². The number of hydrogen-bond donors (Lipinski definition) is 2. The van der Waals surface area contributed by atoms with E-state index in [2.05, 4.69) is 28.3 Å². The molecule has 0 atom stereocenters. The summed E-state index contributed by atoms with van der Waals surface area (Å²) in [6, 6.07) is 17.4. The van der Waals surface area contributed by atoms with Crippen LogP contribution in [-0.4, -0.2) is 15.9 Å². The molecule has 1 amide bonds. The van der Waals surface area contributed by atoms with Crippen LogP contribution in [0.4, 0.5) is 11.6 Å². The number of anilines is 2. The zero-order chi connectivity index (χ0) is 19.0. The summed E-state index contributed by atoms with van der Waals surface area (Å²) in [5.74, 6) is 0.0312. The van der Waals surface area contributed by atoms with E-state index < -0.39 is 0 Å². The van der Waals surface area contributed by atoms with Gasteiger partial charge in [-0.1, -0.05) is 42.0 Å². The number of thiophene rings is 1. The molecule has 5 nitrogen and oxygen atoms in total. The van der Waals surface area contributed by atoms with Gasteiger partial charge in [-0.3, -0.25) is 4.79 Å². The molecule has 0 bridgehead atoms. The molecule has 4 rings (SSSR count). The molecule has 3 N–H and O–H groups in total. The van der Waals surface area contributed by atoms with Crippen LogP contribution in [0.1, 0.15) is 20.8 Å². The fraction of sp³-hybridized carbons (Fsp3) is 0.0952. The number of carbonyl (C=O) groups is 1. The zero-order valence-corrected chi connectivity index (χ0v) is 15.8. The van der Waals surface area contributed by atoms with Gasteiger partial charge in [-0.15, -0.1) is 11.3 Å². The van der Waals surface area contributed by atoms with Crippen molar-refractivity contribution in [2.45, 2.75) is 13.8 Å². The maximum atomic E-state index is 12.6. The lowest BCUT2D eigenvalue weighted by atomic mass is 10.0. The zero-order valence-electron chi connectivity index (χ0n) is 15.0. The minimum absolute atomic E-state index is 0.172. The second-order valence-electron chi connectivity index (χ2n) is 6.40. The first-order chi connectivity index (χ1) is 13.0. The second kappa shape index (κ2) is 6.81. The highest BCUT2D eigenvalue weighted by Gasteiger charge is 2.17. The van der Waals surface area contributed by atoms with Crippen molar-refractivity contribution in [1.82, 2.24) is 9.97 Å². The van der Waals surface area contributed by atoms with Gasteiger partial charge in [0.25, 0.3) is 5.91 Å². The van der Waals surface area contributed by atoms with Gasteiger partial charge in [-0.25, -0.2) is 9.97 Å². The van der Waals surface area contributed by atoms with Crippen molar-refractivity contribution in [2.75, 3.05) is 11.1 Å². The summed E-state index contributed by atoms with van der Waals surface area (Å²) >= 11 is 1.31. The smallest absolute Gasteiger partial charge is 0.265 e. The first-order valence-electron chi connectivity index (χ1n) is 8.52. The molecule has 2 heterocycles. The van der Waals surface area contributed by atoms with E-state index in [1.807, 2.05) is 55.5 Å². The number of aromatic nitrogens is 2. The third kappa shape index (κ3) is 3.39. The number of carbonyl (C=O) groups excluding carboxylic acids is 1. The van der Waals surface area contributed by atoms with E-state index in [4.69, 9.17) is 5.73 Å². The monoisotopic (exact) mass is 374 g/mol. The molecule has 27 heavy (non-hydrogen) atoms. The minimum Gasteiger partial charge on any atom is -0.368 e. The molecular formula is C21H18N4OS. The Morgan fingerprint density at radius 3 is 2.56 bits per heavy atom. The average molecular weight is 374 g/mol. The van der Waals surface area contributed by atoms with Gasteiger partial charge in [0.15, 0.2) is 0 Å². The summed E-state index contributed by atoms with van der Waals surface area (Å²) in [5.41, 5.74) is 10.7. The molecule has 0 aliphatic rings. The predicted molar refractivity (Wildman–Crippen MR) is 111 cm³/mol. The first-order valence-corrected chi connectivity index (χ1v) is 9.34. The number of rotatable bonds is 3. The Bertz CT molecular complexity index is 1150. The van der Waals surface area contributed by atoms with E-state index in [1.165, 1.54) is 16.9 Å². The van der Waals surface area contributed by atoms with Gasteiger partial charge in [0.1, 0.15) is 4.83 Å². The normalized spacial score (nSPS) is 10.9. The van der Waals surface area contributed by atoms with Crippen molar-refractivity contribution < 1.29 is 4.79 Å². The standard InChI is InChI=1S/C21H18N4OS/c1-12-8-9-15(13(2)10-12)18-16-11-17(27-20(16)25-21(22)24-18)19(26)23-14-6-4-3-5-7-14/h3-11H,1-2H3,(H,23,26)(H2,22,24,25). The van der Waals surface area contributed by atoms with Crippen LogP contribution in [0.15, 0.2) is 54.6 Å². The average Bonchev–Trinajstić information content (AvgIpc) is 3.06. The highest BCUT2D eigenvalue weighted by atomic mass is 32.1. The maximum absolute atomic E-state index is 12.6. The van der Waals surface area contributed by atoms with E-state index in [9.17, 15) is 4.79 Å². The molecule has 0 radical (unpaired) electrons. The summed E-state index contributed by atoms with van der Waals surface area (Å²) in [6.45, 7) is 4.10. The molecule has 0 saturated carbocycles. The number of fused-ring (bicyclic) bond motifs is 1. The van der Waals surface area contributed by atoms with Crippen LogP contribution < -0.4 is 11.1 Å². The predicted octanol–water partition coefficient (Wildman–Crippen LogP) is 4.81. The number of nitrogens with two attached hydrogens (primary N) is 1. The molecule has 0 aliphatic heterocycles. The summed E-state index contributed by atoms with van der Waals surface area (Å²) in [6.07, 6.45) is 0. The molecule has 0 unspecified atom stereocenters. The van der Waals surface area contributed by atoms with Gasteiger partial charge in [0, 0.05) is 16.6 Å².